The summed E-state index contributed by atoms with van der Waals surface area (Å²) >= 11 is 0. The van der Waals surface area contributed by atoms with Crippen LogP contribution in [0.15, 0.2) is 30.5 Å². The lowest BCUT2D eigenvalue weighted by atomic mass is 9.99. The van der Waals surface area contributed by atoms with Crippen LogP contribution in [-0.4, -0.2) is 11.5 Å². The van der Waals surface area contributed by atoms with Crippen LogP contribution in [-0.2, 0) is 6.42 Å². The number of hydrogen-bond donors (Lipinski definition) is 1. The Morgan fingerprint density at radius 2 is 2.24 bits per heavy atom. The van der Waals surface area contributed by atoms with Crippen molar-refractivity contribution in [2.45, 2.75) is 46.1 Å². The second kappa shape index (κ2) is 7.23. The predicted molar refractivity (Wildman–Crippen MR) is 74.1 cm³/mol. The van der Waals surface area contributed by atoms with E-state index in [0.29, 0.717) is 6.04 Å². The number of pyridine rings is 1. The highest BCUT2D eigenvalue weighted by Gasteiger charge is 2.15. The van der Waals surface area contributed by atoms with Crippen LogP contribution in [0.1, 0.15) is 50.9 Å². The van der Waals surface area contributed by atoms with Crippen LogP contribution >= 0.6 is 0 Å². The van der Waals surface area contributed by atoms with E-state index in [-0.39, 0.29) is 0 Å². The fourth-order valence-electron chi connectivity index (χ4n) is 2.00. The van der Waals surface area contributed by atoms with E-state index in [4.69, 9.17) is 0 Å². The van der Waals surface area contributed by atoms with Crippen molar-refractivity contribution in [1.82, 2.24) is 10.3 Å². The minimum absolute atomic E-state index is 0.309. The van der Waals surface area contributed by atoms with Gasteiger partial charge in [0.2, 0.25) is 0 Å². The molecular formula is C15H24N2. The maximum absolute atomic E-state index is 4.55. The Morgan fingerprint density at radius 1 is 1.47 bits per heavy atom. The summed E-state index contributed by atoms with van der Waals surface area (Å²) in [6.07, 6.45) is 5.02. The van der Waals surface area contributed by atoms with Gasteiger partial charge >= 0.3 is 0 Å². The van der Waals surface area contributed by atoms with Crippen molar-refractivity contribution in [1.29, 1.82) is 0 Å². The summed E-state index contributed by atoms with van der Waals surface area (Å²) < 4.78 is 0. The number of nitrogens with one attached hydrogen (secondary N) is 1. The van der Waals surface area contributed by atoms with Crippen molar-refractivity contribution in [3.8, 4) is 0 Å². The molecule has 17 heavy (non-hydrogen) atoms. The lowest BCUT2D eigenvalue weighted by Crippen LogP contribution is -2.24. The van der Waals surface area contributed by atoms with E-state index in [0.717, 1.165) is 25.8 Å². The summed E-state index contributed by atoms with van der Waals surface area (Å²) in [6, 6.07) is 4.49. The maximum atomic E-state index is 4.55. The normalized spacial score (nSPS) is 12.4. The van der Waals surface area contributed by atoms with E-state index >= 15 is 0 Å². The van der Waals surface area contributed by atoms with Gasteiger partial charge in [-0.15, -0.1) is 6.58 Å². The average Bonchev–Trinajstić information content (AvgIpc) is 2.34. The van der Waals surface area contributed by atoms with E-state index < -0.39 is 0 Å². The Balaban J connectivity index is 2.90. The molecule has 0 saturated carbocycles. The highest BCUT2D eigenvalue weighted by atomic mass is 14.9. The number of aromatic nitrogens is 1. The molecule has 0 aliphatic rings. The first kappa shape index (κ1) is 13.9. The van der Waals surface area contributed by atoms with Crippen LogP contribution < -0.4 is 5.32 Å². The smallest absolute Gasteiger partial charge is 0.0608 e. The number of aryl methyl sites for hydroxylation is 1. The average molecular weight is 232 g/mol. The van der Waals surface area contributed by atoms with Crippen LogP contribution in [0.4, 0.5) is 0 Å². The van der Waals surface area contributed by atoms with Crippen LogP contribution in [0.5, 0.6) is 0 Å². The Morgan fingerprint density at radius 3 is 2.82 bits per heavy atom. The van der Waals surface area contributed by atoms with Crippen molar-refractivity contribution in [2.24, 2.45) is 0 Å². The first-order chi connectivity index (χ1) is 8.19. The molecule has 2 heteroatoms. The molecule has 2 nitrogen and oxygen atoms in total. The quantitative estimate of drug-likeness (QED) is 0.726. The third kappa shape index (κ3) is 4.31. The van der Waals surface area contributed by atoms with E-state index in [1.54, 1.807) is 0 Å². The zero-order chi connectivity index (χ0) is 12.7. The molecule has 0 aliphatic heterocycles. The number of nitrogens with zero attached hydrogens (tertiary/aromatic N) is 1. The number of hydrogen-bond acceptors (Lipinski definition) is 2. The van der Waals surface area contributed by atoms with Gasteiger partial charge in [-0.05, 0) is 44.4 Å². The standard InChI is InChI=1S/C15H24N2/c1-5-9-16-14(11-12(3)4)15-13(6-2)8-7-10-17-15/h7-8,10,14,16H,3,5-6,9,11H2,1-2,4H3. The summed E-state index contributed by atoms with van der Waals surface area (Å²) in [5.74, 6) is 0. The summed E-state index contributed by atoms with van der Waals surface area (Å²) in [5, 5.41) is 3.57. The largest absolute Gasteiger partial charge is 0.308 e. The molecule has 1 aromatic rings. The van der Waals surface area contributed by atoms with Gasteiger partial charge in [0.1, 0.15) is 0 Å². The molecule has 1 unspecified atom stereocenters. The topological polar surface area (TPSA) is 24.9 Å². The molecule has 1 rings (SSSR count). The van der Waals surface area contributed by atoms with Gasteiger partial charge < -0.3 is 5.32 Å². The summed E-state index contributed by atoms with van der Waals surface area (Å²) in [4.78, 5) is 4.55. The van der Waals surface area contributed by atoms with Gasteiger partial charge in [-0.25, -0.2) is 0 Å². The second-order valence-electron chi connectivity index (χ2n) is 4.57. The maximum Gasteiger partial charge on any atom is 0.0608 e. The Hall–Kier alpha value is -1.15. The molecule has 0 spiro atoms. The first-order valence-corrected chi connectivity index (χ1v) is 6.50. The molecule has 1 aromatic heterocycles. The van der Waals surface area contributed by atoms with E-state index in [2.05, 4.69) is 43.7 Å². The van der Waals surface area contributed by atoms with Crippen LogP contribution in [0, 0.1) is 0 Å². The minimum Gasteiger partial charge on any atom is -0.308 e. The molecule has 94 valence electrons. The van der Waals surface area contributed by atoms with Crippen LogP contribution in [0.2, 0.25) is 0 Å². The fourth-order valence-corrected chi connectivity index (χ4v) is 2.00. The third-order valence-corrected chi connectivity index (χ3v) is 2.83. The highest BCUT2D eigenvalue weighted by molar-refractivity contribution is 5.24. The SMILES string of the molecule is C=C(C)CC(NCCC)c1ncccc1CC. The molecule has 0 radical (unpaired) electrons. The van der Waals surface area contributed by atoms with Gasteiger partial charge in [-0.1, -0.05) is 25.5 Å². The zero-order valence-corrected chi connectivity index (χ0v) is 11.3. The number of rotatable bonds is 7. The van der Waals surface area contributed by atoms with Gasteiger partial charge in [0.25, 0.3) is 0 Å². The third-order valence-electron chi connectivity index (χ3n) is 2.83. The Bertz CT molecular complexity index is 358. The van der Waals surface area contributed by atoms with Crippen molar-refractivity contribution in [3.05, 3.63) is 41.7 Å². The van der Waals surface area contributed by atoms with Crippen LogP contribution in [0.3, 0.4) is 0 Å². The molecule has 0 fully saturated rings. The Kier molecular flexibility index (Phi) is 5.92. The molecule has 0 saturated heterocycles. The highest BCUT2D eigenvalue weighted by Crippen LogP contribution is 2.22. The Labute approximate surface area is 105 Å². The molecule has 0 amide bonds. The minimum atomic E-state index is 0.309. The molecule has 1 N–H and O–H groups in total. The summed E-state index contributed by atoms with van der Waals surface area (Å²) in [6.45, 7) is 11.5. The fraction of sp³-hybridized carbons (Fsp3) is 0.533. The monoisotopic (exact) mass is 232 g/mol. The van der Waals surface area contributed by atoms with Crippen molar-refractivity contribution < 1.29 is 0 Å². The first-order valence-electron chi connectivity index (χ1n) is 6.50. The van der Waals surface area contributed by atoms with Gasteiger partial charge in [-0.2, -0.15) is 0 Å². The molecule has 1 heterocycles. The predicted octanol–water partition coefficient (Wildman–Crippen LogP) is 3.65. The second-order valence-corrected chi connectivity index (χ2v) is 4.57. The lowest BCUT2D eigenvalue weighted by molar-refractivity contribution is 0.513. The molecular weight excluding hydrogens is 208 g/mol. The van der Waals surface area contributed by atoms with Crippen molar-refractivity contribution in [3.63, 3.8) is 0 Å². The van der Waals surface area contributed by atoms with E-state index in [9.17, 15) is 0 Å². The molecule has 0 bridgehead atoms. The van der Waals surface area contributed by atoms with E-state index in [1.807, 2.05) is 12.3 Å². The van der Waals surface area contributed by atoms with Gasteiger partial charge in [0.15, 0.2) is 0 Å². The molecule has 1 atom stereocenters. The molecule has 0 aromatic carbocycles. The summed E-state index contributed by atoms with van der Waals surface area (Å²) in [7, 11) is 0. The van der Waals surface area contributed by atoms with Gasteiger partial charge in [0.05, 0.1) is 11.7 Å². The van der Waals surface area contributed by atoms with Gasteiger partial charge in [-0.3, -0.25) is 4.98 Å². The van der Waals surface area contributed by atoms with E-state index in [1.165, 1.54) is 16.8 Å². The van der Waals surface area contributed by atoms with Crippen molar-refractivity contribution >= 4 is 0 Å². The molecule has 0 aliphatic carbocycles. The zero-order valence-electron chi connectivity index (χ0n) is 11.3. The van der Waals surface area contributed by atoms with Crippen molar-refractivity contribution in [2.75, 3.05) is 6.54 Å². The van der Waals surface area contributed by atoms with Crippen LogP contribution in [0.25, 0.3) is 0 Å². The summed E-state index contributed by atoms with van der Waals surface area (Å²) in [5.41, 5.74) is 3.72. The van der Waals surface area contributed by atoms with Gasteiger partial charge in [0, 0.05) is 6.20 Å². The lowest BCUT2D eigenvalue weighted by Gasteiger charge is -2.20.